The van der Waals surface area contributed by atoms with Gasteiger partial charge in [0.05, 0.1) is 11.9 Å². The van der Waals surface area contributed by atoms with Crippen molar-refractivity contribution < 1.29 is 4.74 Å². The standard InChI is InChI=1S/C25H18ClN5O2/c26-20-8-4-5-18(13-20)16-33-21-11-9-17(10-12-21)15-28-31-25-29-23(19-6-2-1-3-7-19)22(14-27)24(32)30-25/h1-13,15H,16H2,(H2,29,30,31,32). The number of anilines is 1. The van der Waals surface area contributed by atoms with E-state index >= 15 is 0 Å². The van der Waals surface area contributed by atoms with Gasteiger partial charge in [0.1, 0.15) is 24.0 Å². The zero-order chi connectivity index (χ0) is 23.0. The second-order valence-electron chi connectivity index (χ2n) is 6.97. The molecule has 0 radical (unpaired) electrons. The Labute approximate surface area is 195 Å². The Hall–Kier alpha value is -4.41. The lowest BCUT2D eigenvalue weighted by molar-refractivity contribution is 0.306. The maximum atomic E-state index is 12.3. The van der Waals surface area contributed by atoms with Gasteiger partial charge in [-0.3, -0.25) is 9.78 Å². The molecule has 162 valence electrons. The third kappa shape index (κ3) is 5.64. The smallest absolute Gasteiger partial charge is 0.270 e. The highest BCUT2D eigenvalue weighted by Gasteiger charge is 2.12. The van der Waals surface area contributed by atoms with Crippen molar-refractivity contribution in [1.29, 1.82) is 5.26 Å². The largest absolute Gasteiger partial charge is 0.489 e. The molecule has 33 heavy (non-hydrogen) atoms. The van der Waals surface area contributed by atoms with Crippen LogP contribution in [0.25, 0.3) is 11.3 Å². The summed E-state index contributed by atoms with van der Waals surface area (Å²) in [5.74, 6) is 0.848. The predicted octanol–water partition coefficient (Wildman–Crippen LogP) is 4.99. The molecule has 0 aliphatic rings. The Morgan fingerprint density at radius 3 is 2.61 bits per heavy atom. The van der Waals surface area contributed by atoms with Gasteiger partial charge in [0.25, 0.3) is 5.56 Å². The fraction of sp³-hybridized carbons (Fsp3) is 0.0400. The lowest BCUT2D eigenvalue weighted by atomic mass is 10.1. The van der Waals surface area contributed by atoms with Crippen molar-refractivity contribution in [2.45, 2.75) is 6.61 Å². The SMILES string of the molecule is N#Cc1c(-c2ccccc2)nc(NN=Cc2ccc(OCc3cccc(Cl)c3)cc2)[nH]c1=O. The molecule has 0 aliphatic carbocycles. The van der Waals surface area contributed by atoms with Crippen LogP contribution in [0.2, 0.25) is 5.02 Å². The molecule has 4 aromatic rings. The summed E-state index contributed by atoms with van der Waals surface area (Å²) in [5.41, 5.74) is 4.88. The maximum Gasteiger partial charge on any atom is 0.270 e. The average Bonchev–Trinajstić information content (AvgIpc) is 2.84. The van der Waals surface area contributed by atoms with E-state index in [1.807, 2.05) is 72.8 Å². The molecule has 4 rings (SSSR count). The van der Waals surface area contributed by atoms with E-state index in [1.165, 1.54) is 0 Å². The Kier molecular flexibility index (Phi) is 6.78. The van der Waals surface area contributed by atoms with Gasteiger partial charge in [-0.05, 0) is 47.5 Å². The Morgan fingerprint density at radius 2 is 1.88 bits per heavy atom. The molecule has 2 N–H and O–H groups in total. The van der Waals surface area contributed by atoms with Gasteiger partial charge >= 0.3 is 0 Å². The van der Waals surface area contributed by atoms with Crippen molar-refractivity contribution in [2.24, 2.45) is 5.10 Å². The van der Waals surface area contributed by atoms with E-state index in [0.717, 1.165) is 11.1 Å². The van der Waals surface area contributed by atoms with Crippen LogP contribution in [0.1, 0.15) is 16.7 Å². The van der Waals surface area contributed by atoms with E-state index in [-0.39, 0.29) is 11.5 Å². The van der Waals surface area contributed by atoms with E-state index in [0.29, 0.717) is 28.6 Å². The summed E-state index contributed by atoms with van der Waals surface area (Å²) >= 11 is 5.99. The Bertz CT molecular complexity index is 1380. The first-order valence-electron chi connectivity index (χ1n) is 9.98. The molecular weight excluding hydrogens is 438 g/mol. The van der Waals surface area contributed by atoms with Gasteiger partial charge in [-0.25, -0.2) is 10.4 Å². The molecule has 8 heteroatoms. The molecular formula is C25H18ClN5O2. The minimum Gasteiger partial charge on any atom is -0.489 e. The van der Waals surface area contributed by atoms with Crippen LogP contribution in [0.4, 0.5) is 5.95 Å². The zero-order valence-corrected chi connectivity index (χ0v) is 18.1. The van der Waals surface area contributed by atoms with Crippen molar-refractivity contribution in [1.82, 2.24) is 9.97 Å². The lowest BCUT2D eigenvalue weighted by Gasteiger charge is -2.07. The van der Waals surface area contributed by atoms with Crippen molar-refractivity contribution in [3.63, 3.8) is 0 Å². The van der Waals surface area contributed by atoms with Gasteiger partial charge < -0.3 is 4.74 Å². The summed E-state index contributed by atoms with van der Waals surface area (Å²) in [4.78, 5) is 19.2. The van der Waals surface area contributed by atoms with Crippen LogP contribution in [0.15, 0.2) is 88.8 Å². The van der Waals surface area contributed by atoms with Crippen LogP contribution in [0, 0.1) is 11.3 Å². The normalized spacial score (nSPS) is 10.7. The molecule has 1 aromatic heterocycles. The summed E-state index contributed by atoms with van der Waals surface area (Å²) in [5, 5.41) is 14.1. The highest BCUT2D eigenvalue weighted by atomic mass is 35.5. The topological polar surface area (TPSA) is 103 Å². The van der Waals surface area contributed by atoms with E-state index in [9.17, 15) is 10.1 Å². The van der Waals surface area contributed by atoms with Crippen LogP contribution in [-0.2, 0) is 6.61 Å². The van der Waals surface area contributed by atoms with E-state index in [4.69, 9.17) is 16.3 Å². The molecule has 0 spiro atoms. The number of nitriles is 1. The van der Waals surface area contributed by atoms with Crippen molar-refractivity contribution >= 4 is 23.8 Å². The van der Waals surface area contributed by atoms with E-state index in [1.54, 1.807) is 18.3 Å². The van der Waals surface area contributed by atoms with E-state index < -0.39 is 5.56 Å². The Morgan fingerprint density at radius 1 is 1.09 bits per heavy atom. The minimum atomic E-state index is -0.537. The Balaban J connectivity index is 1.42. The van der Waals surface area contributed by atoms with Crippen LogP contribution >= 0.6 is 11.6 Å². The molecule has 0 saturated carbocycles. The van der Waals surface area contributed by atoms with Crippen molar-refractivity contribution in [2.75, 3.05) is 5.43 Å². The lowest BCUT2D eigenvalue weighted by Crippen LogP contribution is -2.16. The maximum absolute atomic E-state index is 12.3. The number of aromatic amines is 1. The fourth-order valence-electron chi connectivity index (χ4n) is 3.05. The molecule has 0 bridgehead atoms. The minimum absolute atomic E-state index is 0.0518. The average molecular weight is 456 g/mol. The molecule has 0 unspecified atom stereocenters. The fourth-order valence-corrected chi connectivity index (χ4v) is 3.26. The van der Waals surface area contributed by atoms with Gasteiger partial charge in [0, 0.05) is 10.6 Å². The quantitative estimate of drug-likeness (QED) is 0.302. The number of aromatic nitrogens is 2. The number of nitrogens with zero attached hydrogens (tertiary/aromatic N) is 3. The van der Waals surface area contributed by atoms with Gasteiger partial charge in [-0.15, -0.1) is 0 Å². The molecule has 0 amide bonds. The third-order valence-corrected chi connectivity index (χ3v) is 4.87. The number of halogens is 1. The number of rotatable bonds is 7. The second kappa shape index (κ2) is 10.3. The van der Waals surface area contributed by atoms with E-state index in [2.05, 4.69) is 20.5 Å². The second-order valence-corrected chi connectivity index (χ2v) is 7.41. The van der Waals surface area contributed by atoms with Gasteiger partial charge in [0.15, 0.2) is 0 Å². The number of H-pyrrole nitrogens is 1. The van der Waals surface area contributed by atoms with Crippen LogP contribution in [-0.4, -0.2) is 16.2 Å². The number of hydrogen-bond acceptors (Lipinski definition) is 6. The van der Waals surface area contributed by atoms with Gasteiger partial charge in [-0.2, -0.15) is 10.4 Å². The summed E-state index contributed by atoms with van der Waals surface area (Å²) in [6.45, 7) is 0.414. The van der Waals surface area contributed by atoms with Crippen LogP contribution < -0.4 is 15.7 Å². The van der Waals surface area contributed by atoms with Gasteiger partial charge in [0.2, 0.25) is 5.95 Å². The molecule has 3 aromatic carbocycles. The zero-order valence-electron chi connectivity index (χ0n) is 17.3. The summed E-state index contributed by atoms with van der Waals surface area (Å²) in [7, 11) is 0. The molecule has 7 nitrogen and oxygen atoms in total. The van der Waals surface area contributed by atoms with Crippen LogP contribution in [0.5, 0.6) is 5.75 Å². The first-order valence-corrected chi connectivity index (χ1v) is 10.4. The summed E-state index contributed by atoms with van der Waals surface area (Å²) in [6.07, 6.45) is 1.58. The number of hydrogen-bond donors (Lipinski definition) is 2. The monoisotopic (exact) mass is 455 g/mol. The molecule has 0 fully saturated rings. The van der Waals surface area contributed by atoms with Gasteiger partial charge in [-0.1, -0.05) is 54.1 Å². The highest BCUT2D eigenvalue weighted by molar-refractivity contribution is 6.30. The number of benzene rings is 3. The highest BCUT2D eigenvalue weighted by Crippen LogP contribution is 2.19. The van der Waals surface area contributed by atoms with Crippen molar-refractivity contribution in [3.8, 4) is 23.1 Å². The molecule has 0 atom stereocenters. The number of nitrogens with one attached hydrogen (secondary N) is 2. The number of ether oxygens (including phenoxy) is 1. The molecule has 0 saturated heterocycles. The summed E-state index contributed by atoms with van der Waals surface area (Å²) < 4.78 is 5.77. The first kappa shape index (κ1) is 21.8. The number of hydrazone groups is 1. The third-order valence-electron chi connectivity index (χ3n) is 4.64. The predicted molar refractivity (Wildman–Crippen MR) is 128 cm³/mol. The summed E-state index contributed by atoms with van der Waals surface area (Å²) in [6, 6.07) is 25.8. The van der Waals surface area contributed by atoms with Crippen molar-refractivity contribution in [3.05, 3.63) is 111 Å². The first-order chi connectivity index (χ1) is 16.1. The van der Waals surface area contributed by atoms with Crippen LogP contribution in [0.3, 0.4) is 0 Å². The molecule has 0 aliphatic heterocycles. The molecule has 1 heterocycles.